The van der Waals surface area contributed by atoms with Gasteiger partial charge in [0, 0.05) is 92.0 Å². The minimum atomic E-state index is -3.88. The summed E-state index contributed by atoms with van der Waals surface area (Å²) in [7, 11) is -8.72. The minimum absolute atomic E-state index is 0.0743. The number of hydrogen-bond acceptors (Lipinski definition) is 16. The number of benzene rings is 6. The highest BCUT2D eigenvalue weighted by molar-refractivity contribution is 7.93. The normalized spacial score (nSPS) is 11.9. The number of anilines is 3. The molecular formula is C69H75Cl4N9O10S3. The van der Waals surface area contributed by atoms with Crippen LogP contribution in [0.3, 0.4) is 0 Å². The summed E-state index contributed by atoms with van der Waals surface area (Å²) < 4.78 is 86.0. The SMILES string of the molecule is CC(C)(C)c1ccc(S(=O)(=O)Nc2ccc(Cl)cc2C(=O)c2ccncc2)cc1.CCl.CO/N=C(/c1ccncc1)c1cc(Cl)ccc1NS(=O)(=O)c1ccc(C(C)(C)C)cc1.CO/N=C(\c1ccncc1)c1cc(Cl)ccc1NS(=O)(=O)c1ccc(C(C)(C)C)cc1.NO. The number of ketones is 1. The van der Waals surface area contributed by atoms with Gasteiger partial charge in [0.05, 0.1) is 31.7 Å². The first-order valence-electron chi connectivity index (χ1n) is 28.7. The number of nitrogens with zero attached hydrogens (tertiary/aromatic N) is 5. The quantitative estimate of drug-likeness (QED) is 0.0245. The summed E-state index contributed by atoms with van der Waals surface area (Å²) in [5.74, 6) is 3.15. The van der Waals surface area contributed by atoms with E-state index >= 15 is 0 Å². The molecule has 9 aromatic rings. The van der Waals surface area contributed by atoms with Gasteiger partial charge in [-0.05, 0) is 160 Å². The molecule has 0 aliphatic carbocycles. The number of halogens is 4. The second-order valence-electron chi connectivity index (χ2n) is 23.5. The van der Waals surface area contributed by atoms with Crippen LogP contribution in [0.4, 0.5) is 17.1 Å². The third-order valence-electron chi connectivity index (χ3n) is 13.7. The fourth-order valence-electron chi connectivity index (χ4n) is 8.79. The number of nitrogens with two attached hydrogens (primary N) is 1. The smallest absolute Gasteiger partial charge is 0.261 e. The Labute approximate surface area is 576 Å². The molecule has 19 nitrogen and oxygen atoms in total. The van der Waals surface area contributed by atoms with Crippen molar-refractivity contribution in [3.63, 3.8) is 0 Å². The van der Waals surface area contributed by atoms with E-state index in [0.717, 1.165) is 16.7 Å². The van der Waals surface area contributed by atoms with Crippen molar-refractivity contribution in [2.24, 2.45) is 16.2 Å². The van der Waals surface area contributed by atoms with Crippen LogP contribution in [0, 0.1) is 0 Å². The van der Waals surface area contributed by atoms with Gasteiger partial charge in [0.25, 0.3) is 30.1 Å². The van der Waals surface area contributed by atoms with Gasteiger partial charge in [-0.1, -0.05) is 144 Å². The van der Waals surface area contributed by atoms with Crippen molar-refractivity contribution in [3.8, 4) is 0 Å². The van der Waals surface area contributed by atoms with E-state index in [4.69, 9.17) is 49.7 Å². The zero-order valence-electron chi connectivity index (χ0n) is 54.2. The molecule has 6 aromatic carbocycles. The van der Waals surface area contributed by atoms with Gasteiger partial charge in [-0.15, -0.1) is 11.6 Å². The van der Waals surface area contributed by atoms with Gasteiger partial charge >= 0.3 is 0 Å². The second-order valence-corrected chi connectivity index (χ2v) is 29.8. The number of carbonyl (C=O) groups is 1. The molecular weight excluding hydrogens is 1350 g/mol. The molecule has 3 heterocycles. The summed E-state index contributed by atoms with van der Waals surface area (Å²) in [5, 5.41) is 15.9. The third-order valence-corrected chi connectivity index (χ3v) is 18.6. The Balaban J connectivity index is 0.000000251. The van der Waals surface area contributed by atoms with E-state index in [9.17, 15) is 30.0 Å². The maximum Gasteiger partial charge on any atom is 0.261 e. The molecule has 0 saturated heterocycles. The third kappa shape index (κ3) is 21.9. The minimum Gasteiger partial charge on any atom is -0.399 e. The van der Waals surface area contributed by atoms with E-state index in [1.807, 2.05) is 24.3 Å². The van der Waals surface area contributed by atoms with Crippen LogP contribution in [0.25, 0.3) is 0 Å². The summed E-state index contributed by atoms with van der Waals surface area (Å²) in [6, 6.07) is 44.7. The maximum atomic E-state index is 13.1. The second kappa shape index (κ2) is 34.4. The van der Waals surface area contributed by atoms with Gasteiger partial charge in [0.2, 0.25) is 0 Å². The fraction of sp³-hybridized carbons (Fsp3) is 0.217. The molecule has 0 aliphatic rings. The number of pyridine rings is 3. The van der Waals surface area contributed by atoms with Crippen molar-refractivity contribution in [2.45, 2.75) is 93.2 Å². The Bertz CT molecular complexity index is 4240. The molecule has 0 spiro atoms. The fourth-order valence-corrected chi connectivity index (χ4v) is 12.5. The van der Waals surface area contributed by atoms with Crippen molar-refractivity contribution in [1.29, 1.82) is 0 Å². The standard InChI is InChI=1S/2C23H24ClN3O3S.C22H21ClN2O3S.CH3Cl.H3NO/c2*1-23(2,3)17-5-8-19(9-6-17)31(28,29)27-21-10-7-18(24)15-20(21)22(26-30-4)16-11-13-25-14-12-16;1-22(2,3)16-4-7-18(8-5-16)29(27,28)25-20-9-6-17(23)14-19(20)21(26)15-10-12-24-13-11-15;2*1-2/h2*5-15,27H,1-4H3;4-14,25H,1-3H3;1H3;2H,1H2/b26-22+;26-22-;;;. The zero-order chi connectivity index (χ0) is 70.5. The maximum absolute atomic E-state index is 13.1. The Morgan fingerprint density at radius 2 is 0.642 bits per heavy atom. The van der Waals surface area contributed by atoms with Crippen molar-refractivity contribution in [3.05, 3.63) is 266 Å². The van der Waals surface area contributed by atoms with Crippen LogP contribution in [-0.4, -0.2) is 83.2 Å². The largest absolute Gasteiger partial charge is 0.399 e. The molecule has 502 valence electrons. The molecule has 0 aliphatic heterocycles. The highest BCUT2D eigenvalue weighted by atomic mass is 35.5. The van der Waals surface area contributed by atoms with Gasteiger partial charge < -0.3 is 14.9 Å². The molecule has 0 unspecified atom stereocenters. The summed E-state index contributed by atoms with van der Waals surface area (Å²) in [4.78, 5) is 35.3. The van der Waals surface area contributed by atoms with Crippen LogP contribution in [0.1, 0.15) is 117 Å². The number of nitrogens with one attached hydrogen (secondary N) is 3. The van der Waals surface area contributed by atoms with Crippen molar-refractivity contribution >= 4 is 111 Å². The molecule has 0 saturated carbocycles. The van der Waals surface area contributed by atoms with Crippen LogP contribution in [0.15, 0.2) is 226 Å². The Morgan fingerprint density at radius 1 is 0.400 bits per heavy atom. The van der Waals surface area contributed by atoms with E-state index in [-0.39, 0.29) is 48.0 Å². The highest BCUT2D eigenvalue weighted by Gasteiger charge is 2.26. The Morgan fingerprint density at radius 3 is 0.895 bits per heavy atom. The van der Waals surface area contributed by atoms with Crippen molar-refractivity contribution in [2.75, 3.05) is 34.8 Å². The molecule has 0 radical (unpaired) electrons. The average Bonchev–Trinajstić information content (AvgIpc) is 0.811. The molecule has 0 fully saturated rings. The monoisotopic (exact) mass is 1430 g/mol. The molecule has 6 N–H and O–H groups in total. The summed E-state index contributed by atoms with van der Waals surface area (Å²) in [6.07, 6.45) is 10.9. The molecule has 95 heavy (non-hydrogen) atoms. The lowest BCUT2D eigenvalue weighted by Gasteiger charge is -2.19. The van der Waals surface area contributed by atoms with Gasteiger partial charge in [-0.3, -0.25) is 33.9 Å². The summed E-state index contributed by atoms with van der Waals surface area (Å²) in [5.41, 5.74) is 7.48. The molecule has 9 rings (SSSR count). The lowest BCUT2D eigenvalue weighted by Crippen LogP contribution is -2.17. The van der Waals surface area contributed by atoms with Crippen LogP contribution < -0.4 is 20.1 Å². The molecule has 0 amide bonds. The van der Waals surface area contributed by atoms with Gasteiger partial charge in [-0.25, -0.2) is 31.2 Å². The van der Waals surface area contributed by atoms with E-state index in [2.05, 4.69) is 119 Å². The number of hydrogen-bond donors (Lipinski definition) is 5. The first-order chi connectivity index (χ1) is 44.8. The first kappa shape index (κ1) is 77.4. The Hall–Kier alpha value is -8.29. The molecule has 0 bridgehead atoms. The molecule has 3 aromatic heterocycles. The number of carbonyl (C=O) groups excluding carboxylic acids is 1. The van der Waals surface area contributed by atoms with Gasteiger partial charge in [0.15, 0.2) is 5.78 Å². The number of rotatable bonds is 17. The van der Waals surface area contributed by atoms with E-state index in [1.54, 1.807) is 146 Å². The lowest BCUT2D eigenvalue weighted by molar-refractivity contribution is 0.103. The highest BCUT2D eigenvalue weighted by Crippen LogP contribution is 2.33. The molecule has 0 atom stereocenters. The lowest BCUT2D eigenvalue weighted by atomic mass is 9.87. The van der Waals surface area contributed by atoms with Crippen LogP contribution in [0.2, 0.25) is 15.1 Å². The Kier molecular flexibility index (Phi) is 28.0. The van der Waals surface area contributed by atoms with Gasteiger partial charge in [-0.2, -0.15) is 0 Å². The predicted molar refractivity (Wildman–Crippen MR) is 381 cm³/mol. The van der Waals surface area contributed by atoms with Gasteiger partial charge in [0.1, 0.15) is 25.6 Å². The van der Waals surface area contributed by atoms with Crippen LogP contribution in [-0.2, 0) is 56.0 Å². The summed E-state index contributed by atoms with van der Waals surface area (Å²) in [6.45, 7) is 18.6. The number of sulfonamides is 3. The number of alkyl halides is 1. The molecule has 26 heteroatoms. The van der Waals surface area contributed by atoms with Crippen LogP contribution in [0.5, 0.6) is 0 Å². The number of aromatic nitrogens is 3. The van der Waals surface area contributed by atoms with Crippen molar-refractivity contribution < 1.29 is 44.9 Å². The zero-order valence-corrected chi connectivity index (χ0v) is 59.7. The van der Waals surface area contributed by atoms with E-state index < -0.39 is 30.1 Å². The predicted octanol–water partition coefficient (Wildman–Crippen LogP) is 15.7. The first-order valence-corrected chi connectivity index (χ1v) is 35.1. The average molecular weight is 1430 g/mol. The van der Waals surface area contributed by atoms with Crippen molar-refractivity contribution in [1.82, 2.24) is 15.0 Å². The van der Waals surface area contributed by atoms with Crippen LogP contribution >= 0.6 is 46.4 Å². The van der Waals surface area contributed by atoms with E-state index in [0.29, 0.717) is 65.7 Å². The van der Waals surface area contributed by atoms with E-state index in [1.165, 1.54) is 51.2 Å². The topological polar surface area (TPSA) is 284 Å². The summed E-state index contributed by atoms with van der Waals surface area (Å²) >= 11 is 23.1. The number of oxime groups is 2.